The van der Waals surface area contributed by atoms with Crippen molar-refractivity contribution in [3.63, 3.8) is 0 Å². The maximum Gasteiger partial charge on any atom is 0.273 e. The highest BCUT2D eigenvalue weighted by atomic mass is 19.1. The van der Waals surface area contributed by atoms with Crippen molar-refractivity contribution in [1.82, 2.24) is 25.2 Å². The molecule has 1 N–H and O–H groups in total. The summed E-state index contributed by atoms with van der Waals surface area (Å²) in [6.45, 7) is 1.39. The van der Waals surface area contributed by atoms with Gasteiger partial charge in [0.05, 0.1) is 18.7 Å². The van der Waals surface area contributed by atoms with Gasteiger partial charge in [-0.25, -0.2) is 9.07 Å². The number of amides is 2. The Bertz CT molecular complexity index is 1010. The Morgan fingerprint density at radius 1 is 1.07 bits per heavy atom. The number of benzene rings is 2. The van der Waals surface area contributed by atoms with Crippen molar-refractivity contribution in [2.24, 2.45) is 0 Å². The predicted octanol–water partition coefficient (Wildman–Crippen LogP) is 1.97. The summed E-state index contributed by atoms with van der Waals surface area (Å²) in [4.78, 5) is 26.2. The molecule has 0 unspecified atom stereocenters. The summed E-state index contributed by atoms with van der Waals surface area (Å²) in [5.74, 6) is -0.705. The number of hydrogen-bond donors (Lipinski definition) is 1. The van der Waals surface area contributed by atoms with Crippen LogP contribution in [0.25, 0.3) is 0 Å². The number of carbonyl (C=O) groups excluding carboxylic acids is 2. The molecule has 1 fully saturated rings. The van der Waals surface area contributed by atoms with E-state index in [-0.39, 0.29) is 35.8 Å². The maximum atomic E-state index is 13.2. The fraction of sp³-hybridized carbons (Fsp3) is 0.238. The molecule has 1 aliphatic heterocycles. The Balaban J connectivity index is 1.27. The highest BCUT2D eigenvalue weighted by Crippen LogP contribution is 2.21. The van der Waals surface area contributed by atoms with Gasteiger partial charge in [-0.2, -0.15) is 0 Å². The summed E-state index contributed by atoms with van der Waals surface area (Å²) in [5, 5.41) is 10.8. The number of nitrogens with zero attached hydrogens (tertiary/aromatic N) is 4. The van der Waals surface area contributed by atoms with Crippen LogP contribution >= 0.6 is 0 Å². The second-order valence-electron chi connectivity index (χ2n) is 7.01. The lowest BCUT2D eigenvalue weighted by Crippen LogP contribution is -2.51. The zero-order valence-electron chi connectivity index (χ0n) is 15.7. The molecule has 1 aromatic heterocycles. The highest BCUT2D eigenvalue weighted by Gasteiger charge is 2.33. The number of aromatic nitrogens is 3. The van der Waals surface area contributed by atoms with Crippen LogP contribution in [0, 0.1) is 5.82 Å². The van der Waals surface area contributed by atoms with Crippen LogP contribution in [0.3, 0.4) is 0 Å². The lowest BCUT2D eigenvalue weighted by molar-refractivity contribution is -0.136. The minimum absolute atomic E-state index is 0.0189. The molecule has 29 heavy (non-hydrogen) atoms. The van der Waals surface area contributed by atoms with Crippen LogP contribution in [0.2, 0.25) is 0 Å². The molecule has 2 amide bonds. The third-order valence-corrected chi connectivity index (χ3v) is 4.87. The molecule has 0 bridgehead atoms. The SMILES string of the molecule is O=C(NCc1ccccc1)c1cn(C2CN(C(=O)Cc3cccc(F)c3)C2)nn1. The van der Waals surface area contributed by atoms with Gasteiger partial charge in [0.15, 0.2) is 5.69 Å². The van der Waals surface area contributed by atoms with Crippen molar-refractivity contribution >= 4 is 11.8 Å². The molecule has 3 aromatic rings. The number of halogens is 1. The molecule has 0 atom stereocenters. The predicted molar refractivity (Wildman–Crippen MR) is 103 cm³/mol. The average Bonchev–Trinajstić information content (AvgIpc) is 3.15. The molecular formula is C21H20FN5O2. The van der Waals surface area contributed by atoms with E-state index in [0.29, 0.717) is 25.2 Å². The van der Waals surface area contributed by atoms with E-state index in [2.05, 4.69) is 15.6 Å². The summed E-state index contributed by atoms with van der Waals surface area (Å²) in [5.41, 5.74) is 1.89. The highest BCUT2D eigenvalue weighted by molar-refractivity contribution is 5.91. The molecule has 0 aliphatic carbocycles. The number of rotatable bonds is 6. The van der Waals surface area contributed by atoms with Crippen LogP contribution in [-0.4, -0.2) is 44.8 Å². The molecule has 2 aromatic carbocycles. The van der Waals surface area contributed by atoms with Crippen LogP contribution in [-0.2, 0) is 17.8 Å². The molecular weight excluding hydrogens is 373 g/mol. The van der Waals surface area contributed by atoms with Gasteiger partial charge in [-0.15, -0.1) is 5.10 Å². The third-order valence-electron chi connectivity index (χ3n) is 4.87. The summed E-state index contributed by atoms with van der Waals surface area (Å²) in [6, 6.07) is 15.6. The van der Waals surface area contributed by atoms with Crippen molar-refractivity contribution in [3.8, 4) is 0 Å². The largest absolute Gasteiger partial charge is 0.347 e. The Kier molecular flexibility index (Phi) is 5.33. The zero-order chi connectivity index (χ0) is 20.2. The summed E-state index contributed by atoms with van der Waals surface area (Å²) < 4.78 is 14.9. The Hall–Kier alpha value is -3.55. The summed E-state index contributed by atoms with van der Waals surface area (Å²) >= 11 is 0. The van der Waals surface area contributed by atoms with Gasteiger partial charge in [0, 0.05) is 19.6 Å². The monoisotopic (exact) mass is 393 g/mol. The lowest BCUT2D eigenvalue weighted by Gasteiger charge is -2.38. The van der Waals surface area contributed by atoms with Crippen molar-refractivity contribution < 1.29 is 14.0 Å². The average molecular weight is 393 g/mol. The van der Waals surface area contributed by atoms with E-state index in [4.69, 9.17) is 0 Å². The van der Waals surface area contributed by atoms with E-state index in [0.717, 1.165) is 5.56 Å². The van der Waals surface area contributed by atoms with Crippen LogP contribution < -0.4 is 5.32 Å². The molecule has 148 valence electrons. The smallest absolute Gasteiger partial charge is 0.273 e. The molecule has 0 saturated carbocycles. The maximum absolute atomic E-state index is 13.2. The molecule has 1 saturated heterocycles. The van der Waals surface area contributed by atoms with E-state index >= 15 is 0 Å². The van der Waals surface area contributed by atoms with Crippen LogP contribution in [0.1, 0.15) is 27.7 Å². The van der Waals surface area contributed by atoms with Crippen molar-refractivity contribution in [2.75, 3.05) is 13.1 Å². The topological polar surface area (TPSA) is 80.1 Å². The molecule has 2 heterocycles. The first-order valence-corrected chi connectivity index (χ1v) is 9.34. The first-order chi connectivity index (χ1) is 14.1. The Morgan fingerprint density at radius 2 is 1.83 bits per heavy atom. The molecule has 0 spiro atoms. The Morgan fingerprint density at radius 3 is 2.59 bits per heavy atom. The van der Waals surface area contributed by atoms with Gasteiger partial charge in [-0.3, -0.25) is 9.59 Å². The molecule has 1 aliphatic rings. The van der Waals surface area contributed by atoms with Gasteiger partial charge in [-0.05, 0) is 23.3 Å². The van der Waals surface area contributed by atoms with Gasteiger partial charge >= 0.3 is 0 Å². The van der Waals surface area contributed by atoms with Gasteiger partial charge in [0.1, 0.15) is 5.82 Å². The van der Waals surface area contributed by atoms with Crippen molar-refractivity contribution in [2.45, 2.75) is 19.0 Å². The normalized spacial score (nSPS) is 13.8. The fourth-order valence-electron chi connectivity index (χ4n) is 3.19. The van der Waals surface area contributed by atoms with E-state index in [1.54, 1.807) is 27.9 Å². The van der Waals surface area contributed by atoms with Crippen LogP contribution in [0.4, 0.5) is 4.39 Å². The van der Waals surface area contributed by atoms with Crippen molar-refractivity contribution in [1.29, 1.82) is 0 Å². The molecule has 4 rings (SSSR count). The molecule has 7 nitrogen and oxygen atoms in total. The van der Waals surface area contributed by atoms with E-state index in [1.807, 2.05) is 30.3 Å². The first-order valence-electron chi connectivity index (χ1n) is 9.34. The third kappa shape index (κ3) is 4.48. The molecule has 8 heteroatoms. The zero-order valence-corrected chi connectivity index (χ0v) is 15.7. The van der Waals surface area contributed by atoms with E-state index in [1.165, 1.54) is 12.1 Å². The van der Waals surface area contributed by atoms with Gasteiger partial charge in [0.25, 0.3) is 5.91 Å². The van der Waals surface area contributed by atoms with Crippen LogP contribution in [0.5, 0.6) is 0 Å². The summed E-state index contributed by atoms with van der Waals surface area (Å²) in [6.07, 6.45) is 1.76. The van der Waals surface area contributed by atoms with E-state index < -0.39 is 0 Å². The standard InChI is InChI=1S/C21H20FN5O2/c22-17-8-4-7-16(9-17)10-20(28)26-12-18(13-26)27-14-19(24-25-27)21(29)23-11-15-5-2-1-3-6-15/h1-9,14,18H,10-13H2,(H,23,29). The summed E-state index contributed by atoms with van der Waals surface area (Å²) in [7, 11) is 0. The quantitative estimate of drug-likeness (QED) is 0.694. The number of likely N-dealkylation sites (tertiary alicyclic amines) is 1. The van der Waals surface area contributed by atoms with Gasteiger partial charge in [-0.1, -0.05) is 47.7 Å². The first kappa shape index (κ1) is 18.8. The number of nitrogens with one attached hydrogen (secondary N) is 1. The fourth-order valence-corrected chi connectivity index (χ4v) is 3.19. The Labute approximate surface area is 167 Å². The minimum Gasteiger partial charge on any atom is -0.347 e. The number of carbonyl (C=O) groups is 2. The van der Waals surface area contributed by atoms with E-state index in [9.17, 15) is 14.0 Å². The minimum atomic E-state index is -0.350. The lowest BCUT2D eigenvalue weighted by atomic mass is 10.1. The van der Waals surface area contributed by atoms with Crippen LogP contribution in [0.15, 0.2) is 60.8 Å². The molecule has 0 radical (unpaired) electrons. The second kappa shape index (κ2) is 8.22. The van der Waals surface area contributed by atoms with Gasteiger partial charge < -0.3 is 10.2 Å². The van der Waals surface area contributed by atoms with Gasteiger partial charge in [0.2, 0.25) is 5.91 Å². The second-order valence-corrected chi connectivity index (χ2v) is 7.01. The number of hydrogen-bond acceptors (Lipinski definition) is 4. The van der Waals surface area contributed by atoms with Crippen molar-refractivity contribution in [3.05, 3.63) is 83.4 Å².